The molecule has 4 nitrogen and oxygen atoms in total. The first-order chi connectivity index (χ1) is 20.5. The zero-order valence-electron chi connectivity index (χ0n) is 26.7. The average molecular weight is 571 g/mol. The van der Waals surface area contributed by atoms with Gasteiger partial charge in [-0.05, 0) is 77.6 Å². The topological polar surface area (TPSA) is 43.2 Å². The molecule has 0 amide bonds. The van der Waals surface area contributed by atoms with E-state index in [4.69, 9.17) is 19.5 Å². The van der Waals surface area contributed by atoms with Crippen molar-refractivity contribution < 1.29 is 9.47 Å². The molecule has 0 spiro atoms. The Hall–Kier alpha value is -4.18. The Kier molecular flexibility index (Phi) is 7.72. The average Bonchev–Trinajstić information content (AvgIpc) is 3.51. The lowest BCUT2D eigenvalue weighted by molar-refractivity contribution is 0.182. The van der Waals surface area contributed by atoms with Crippen LogP contribution in [0.5, 0.6) is 0 Å². The van der Waals surface area contributed by atoms with E-state index in [1.807, 2.05) is 0 Å². The predicted molar refractivity (Wildman–Crippen MR) is 176 cm³/mol. The highest BCUT2D eigenvalue weighted by Gasteiger charge is 2.38. The summed E-state index contributed by atoms with van der Waals surface area (Å²) in [6.45, 7) is 17.1. The molecule has 4 aromatic carbocycles. The molecule has 0 saturated carbocycles. The van der Waals surface area contributed by atoms with Gasteiger partial charge < -0.3 is 9.47 Å². The molecule has 4 unspecified atom stereocenters. The van der Waals surface area contributed by atoms with Crippen molar-refractivity contribution in [2.24, 2.45) is 9.98 Å². The lowest BCUT2D eigenvalue weighted by atomic mass is 9.93. The third kappa shape index (κ3) is 6.29. The minimum Gasteiger partial charge on any atom is -0.470 e. The summed E-state index contributed by atoms with van der Waals surface area (Å²) in [5.41, 5.74) is 14.5. The molecule has 6 rings (SSSR count). The van der Waals surface area contributed by atoms with Crippen LogP contribution in [0.25, 0.3) is 0 Å². The Labute approximate surface area is 256 Å². The van der Waals surface area contributed by atoms with Crippen LogP contribution in [0.15, 0.2) is 82.8 Å². The molecule has 0 aromatic heterocycles. The molecule has 0 radical (unpaired) electrons. The zero-order chi connectivity index (χ0) is 30.4. The molecular weight excluding hydrogens is 528 g/mol. The SMILES string of the molecule is Cc1cc(C)cc(C2N=C(CC3=NC(c4cc(C)cc(C)c4)C(c4cc(C)cc(C)c4)O3)OC2c2cc(C)cc(C)c2)c1. The van der Waals surface area contributed by atoms with Gasteiger partial charge in [0, 0.05) is 0 Å². The first-order valence-electron chi connectivity index (χ1n) is 15.3. The van der Waals surface area contributed by atoms with E-state index in [9.17, 15) is 0 Å². The highest BCUT2D eigenvalue weighted by molar-refractivity contribution is 5.98. The van der Waals surface area contributed by atoms with E-state index in [-0.39, 0.29) is 24.3 Å². The molecule has 2 aliphatic heterocycles. The Morgan fingerprint density at radius 3 is 0.930 bits per heavy atom. The Morgan fingerprint density at radius 1 is 0.395 bits per heavy atom. The summed E-state index contributed by atoms with van der Waals surface area (Å²) in [6.07, 6.45) is 0.00930. The van der Waals surface area contributed by atoms with Crippen molar-refractivity contribution in [2.45, 2.75) is 86.1 Å². The summed E-state index contributed by atoms with van der Waals surface area (Å²) < 4.78 is 13.4. The second-order valence-corrected chi connectivity index (χ2v) is 12.9. The van der Waals surface area contributed by atoms with E-state index < -0.39 is 0 Å². The van der Waals surface area contributed by atoms with Crippen LogP contribution in [0.3, 0.4) is 0 Å². The fourth-order valence-corrected chi connectivity index (χ4v) is 6.94. The van der Waals surface area contributed by atoms with E-state index in [2.05, 4.69) is 128 Å². The summed E-state index contributed by atoms with van der Waals surface area (Å²) in [7, 11) is 0. The van der Waals surface area contributed by atoms with Crippen molar-refractivity contribution >= 4 is 11.8 Å². The number of ether oxygens (including phenoxy) is 2. The van der Waals surface area contributed by atoms with Gasteiger partial charge in [-0.25, -0.2) is 9.98 Å². The van der Waals surface area contributed by atoms with Crippen LogP contribution >= 0.6 is 0 Å². The van der Waals surface area contributed by atoms with Crippen LogP contribution in [-0.4, -0.2) is 11.8 Å². The van der Waals surface area contributed by atoms with E-state index in [1.165, 1.54) is 55.6 Å². The van der Waals surface area contributed by atoms with Crippen LogP contribution in [0, 0.1) is 55.4 Å². The largest absolute Gasteiger partial charge is 0.470 e. The molecule has 43 heavy (non-hydrogen) atoms. The van der Waals surface area contributed by atoms with Gasteiger partial charge in [-0.2, -0.15) is 0 Å². The van der Waals surface area contributed by atoms with Gasteiger partial charge in [0.25, 0.3) is 0 Å². The molecule has 2 heterocycles. The highest BCUT2D eigenvalue weighted by atomic mass is 16.5. The summed E-state index contributed by atoms with van der Waals surface area (Å²) >= 11 is 0. The Balaban J connectivity index is 1.36. The van der Waals surface area contributed by atoms with Crippen molar-refractivity contribution in [3.8, 4) is 0 Å². The minimum atomic E-state index is -0.206. The van der Waals surface area contributed by atoms with Crippen molar-refractivity contribution in [1.29, 1.82) is 0 Å². The zero-order valence-corrected chi connectivity index (χ0v) is 26.7. The molecule has 0 bridgehead atoms. The van der Waals surface area contributed by atoms with E-state index in [1.54, 1.807) is 0 Å². The molecule has 0 N–H and O–H groups in total. The van der Waals surface area contributed by atoms with Crippen molar-refractivity contribution in [3.63, 3.8) is 0 Å². The molecule has 0 aliphatic carbocycles. The maximum atomic E-state index is 6.71. The van der Waals surface area contributed by atoms with Crippen molar-refractivity contribution in [3.05, 3.63) is 140 Å². The molecule has 4 aromatic rings. The van der Waals surface area contributed by atoms with Crippen LogP contribution in [-0.2, 0) is 9.47 Å². The van der Waals surface area contributed by atoms with E-state index in [0.29, 0.717) is 18.2 Å². The maximum Gasteiger partial charge on any atom is 0.194 e. The third-order valence-corrected chi connectivity index (χ3v) is 8.28. The summed E-state index contributed by atoms with van der Waals surface area (Å²) in [6, 6.07) is 26.4. The molecule has 0 saturated heterocycles. The first-order valence-corrected chi connectivity index (χ1v) is 15.3. The van der Waals surface area contributed by atoms with Crippen molar-refractivity contribution in [1.82, 2.24) is 0 Å². The predicted octanol–water partition coefficient (Wildman–Crippen LogP) is 9.67. The van der Waals surface area contributed by atoms with Gasteiger partial charge >= 0.3 is 0 Å². The number of hydrogen-bond acceptors (Lipinski definition) is 4. The minimum absolute atomic E-state index is 0.137. The summed E-state index contributed by atoms with van der Waals surface area (Å²) in [5.74, 6) is 1.35. The molecule has 0 fully saturated rings. The van der Waals surface area contributed by atoms with Gasteiger partial charge in [0.1, 0.15) is 12.1 Å². The van der Waals surface area contributed by atoms with E-state index in [0.717, 1.165) is 11.1 Å². The fraction of sp³-hybridized carbons (Fsp3) is 0.333. The monoisotopic (exact) mass is 570 g/mol. The quantitative estimate of drug-likeness (QED) is 0.232. The van der Waals surface area contributed by atoms with Gasteiger partial charge in [0.05, 0.1) is 6.42 Å². The maximum absolute atomic E-state index is 6.71. The summed E-state index contributed by atoms with van der Waals surface area (Å²) in [5, 5.41) is 0. The number of benzene rings is 4. The number of hydrogen-bond donors (Lipinski definition) is 0. The second kappa shape index (κ2) is 11.5. The number of nitrogens with zero attached hydrogens (tertiary/aromatic N) is 2. The smallest absolute Gasteiger partial charge is 0.194 e. The van der Waals surface area contributed by atoms with Gasteiger partial charge in [0.2, 0.25) is 0 Å². The molecular formula is C39H42N2O2. The third-order valence-electron chi connectivity index (χ3n) is 8.28. The highest BCUT2D eigenvalue weighted by Crippen LogP contribution is 2.44. The van der Waals surface area contributed by atoms with Crippen LogP contribution in [0.2, 0.25) is 0 Å². The van der Waals surface area contributed by atoms with Crippen LogP contribution in [0.1, 0.15) is 97.5 Å². The van der Waals surface area contributed by atoms with Gasteiger partial charge in [-0.15, -0.1) is 0 Å². The fourth-order valence-electron chi connectivity index (χ4n) is 6.94. The van der Waals surface area contributed by atoms with Crippen molar-refractivity contribution in [2.75, 3.05) is 0 Å². The molecule has 4 atom stereocenters. The second-order valence-electron chi connectivity index (χ2n) is 12.9. The van der Waals surface area contributed by atoms with Gasteiger partial charge in [-0.1, -0.05) is 117 Å². The Morgan fingerprint density at radius 2 is 0.651 bits per heavy atom. The Bertz CT molecular complexity index is 1560. The summed E-state index contributed by atoms with van der Waals surface area (Å²) in [4.78, 5) is 10.4. The lowest BCUT2D eigenvalue weighted by Gasteiger charge is -2.21. The number of aliphatic imine (C=N–C) groups is 2. The standard InChI is InChI=1S/C39H42N2O2/c1-22-9-23(2)14-30(13-22)36-38(32-17-26(5)11-27(6)18-32)42-34(40-36)21-35-41-37(31-15-24(3)10-25(4)16-31)39(43-35)33-19-28(7)12-29(8)20-33/h9-20,36-39H,21H2,1-8H3. The first kappa shape index (κ1) is 28.9. The van der Waals surface area contributed by atoms with E-state index >= 15 is 0 Å². The lowest BCUT2D eigenvalue weighted by Crippen LogP contribution is -2.13. The molecule has 2 aliphatic rings. The molecule has 4 heteroatoms. The van der Waals surface area contributed by atoms with Gasteiger partial charge in [-0.3, -0.25) is 0 Å². The number of rotatable bonds is 6. The number of aryl methyl sites for hydroxylation is 8. The van der Waals surface area contributed by atoms with Crippen LogP contribution < -0.4 is 0 Å². The van der Waals surface area contributed by atoms with Gasteiger partial charge in [0.15, 0.2) is 24.0 Å². The normalized spacial score (nSPS) is 21.3. The van der Waals surface area contributed by atoms with Crippen LogP contribution in [0.4, 0.5) is 0 Å². The molecule has 220 valence electrons.